The number of aryl methyl sites for hydroxylation is 1. The Kier molecular flexibility index (Phi) is 2.44. The number of H-pyrrole nitrogens is 1. The van der Waals surface area contributed by atoms with Crippen molar-refractivity contribution in [2.45, 2.75) is 13.8 Å². The maximum atomic E-state index is 11.2. The molecule has 0 aliphatic carbocycles. The Labute approximate surface area is 92.4 Å². The van der Waals surface area contributed by atoms with E-state index in [1.54, 1.807) is 0 Å². The molecule has 5 heteroatoms. The number of nitrogens with zero attached hydrogens (tertiary/aromatic N) is 2. The summed E-state index contributed by atoms with van der Waals surface area (Å²) in [6, 6.07) is 5.80. The second kappa shape index (κ2) is 3.77. The molecule has 0 saturated carbocycles. The first-order valence-corrected chi connectivity index (χ1v) is 4.88. The van der Waals surface area contributed by atoms with Crippen LogP contribution in [0.2, 0.25) is 0 Å². The lowest BCUT2D eigenvalue weighted by Crippen LogP contribution is -2.15. The van der Waals surface area contributed by atoms with Crippen LogP contribution >= 0.6 is 0 Å². The van der Waals surface area contributed by atoms with Crippen LogP contribution in [0.15, 0.2) is 23.0 Å². The summed E-state index contributed by atoms with van der Waals surface area (Å²) in [5.74, 6) is 0.443. The smallest absolute Gasteiger partial charge is 0.349 e. The first-order valence-electron chi connectivity index (χ1n) is 4.88. The Balaban J connectivity index is 2.67. The molecular formula is C11H12N4O. The van der Waals surface area contributed by atoms with Crippen molar-refractivity contribution < 1.29 is 0 Å². The molecule has 0 aliphatic rings. The molecule has 0 unspecified atom stereocenters. The first-order chi connectivity index (χ1) is 7.58. The molecule has 0 amide bonds. The van der Waals surface area contributed by atoms with Crippen molar-refractivity contribution in [2.24, 2.45) is 0 Å². The lowest BCUT2D eigenvalue weighted by Gasteiger charge is -2.07. The van der Waals surface area contributed by atoms with Crippen molar-refractivity contribution in [3.05, 3.63) is 39.8 Å². The molecule has 0 saturated heterocycles. The Morgan fingerprint density at radius 2 is 2.00 bits per heavy atom. The largest absolute Gasteiger partial charge is 0.368 e. The van der Waals surface area contributed by atoms with E-state index in [2.05, 4.69) is 15.0 Å². The molecule has 3 N–H and O–H groups in total. The van der Waals surface area contributed by atoms with E-state index in [9.17, 15) is 4.79 Å². The van der Waals surface area contributed by atoms with Gasteiger partial charge in [-0.1, -0.05) is 18.2 Å². The van der Waals surface area contributed by atoms with Gasteiger partial charge >= 0.3 is 5.69 Å². The maximum absolute atomic E-state index is 11.2. The summed E-state index contributed by atoms with van der Waals surface area (Å²) < 4.78 is 0. The van der Waals surface area contributed by atoms with E-state index in [0.29, 0.717) is 5.82 Å². The minimum absolute atomic E-state index is 0.0142. The van der Waals surface area contributed by atoms with Crippen LogP contribution in [0, 0.1) is 13.8 Å². The molecule has 0 spiro atoms. The molecule has 0 radical (unpaired) electrons. The minimum Gasteiger partial charge on any atom is -0.368 e. The van der Waals surface area contributed by atoms with Crippen molar-refractivity contribution in [1.29, 1.82) is 0 Å². The summed E-state index contributed by atoms with van der Waals surface area (Å²) in [4.78, 5) is 21.3. The van der Waals surface area contributed by atoms with Gasteiger partial charge in [0.05, 0.1) is 0 Å². The quantitative estimate of drug-likeness (QED) is 0.745. The molecule has 0 fully saturated rings. The van der Waals surface area contributed by atoms with Gasteiger partial charge in [0.25, 0.3) is 0 Å². The second-order valence-electron chi connectivity index (χ2n) is 3.61. The highest BCUT2D eigenvalue weighted by Crippen LogP contribution is 2.21. The maximum Gasteiger partial charge on any atom is 0.349 e. The standard InChI is InChI=1S/C11H12N4O/c1-6-4-3-5-8(7(6)2)9-13-10(12)15-11(16)14-9/h3-5H,1-2H3,(H3,12,13,14,15,16). The minimum atomic E-state index is -0.483. The molecule has 82 valence electrons. The zero-order valence-electron chi connectivity index (χ0n) is 9.11. The molecule has 16 heavy (non-hydrogen) atoms. The number of nitrogens with two attached hydrogens (primary N) is 1. The number of hydrogen-bond acceptors (Lipinski definition) is 4. The molecule has 0 bridgehead atoms. The molecule has 0 atom stereocenters. The SMILES string of the molecule is Cc1cccc(-c2nc(N)nc(=O)[nH]2)c1C. The predicted octanol–water partition coefficient (Wildman–Crippen LogP) is 1.03. The van der Waals surface area contributed by atoms with E-state index >= 15 is 0 Å². The summed E-state index contributed by atoms with van der Waals surface area (Å²) in [6.07, 6.45) is 0. The molecule has 2 aromatic rings. The van der Waals surface area contributed by atoms with Gasteiger partial charge in [-0.3, -0.25) is 4.98 Å². The predicted molar refractivity (Wildman–Crippen MR) is 62.0 cm³/mol. The highest BCUT2D eigenvalue weighted by atomic mass is 16.1. The Morgan fingerprint density at radius 3 is 2.69 bits per heavy atom. The van der Waals surface area contributed by atoms with E-state index in [1.165, 1.54) is 0 Å². The average Bonchev–Trinajstić information content (AvgIpc) is 2.20. The molecule has 1 aromatic heterocycles. The number of nitrogen functional groups attached to an aromatic ring is 1. The molecule has 1 aromatic carbocycles. The van der Waals surface area contributed by atoms with Crippen molar-refractivity contribution >= 4 is 5.95 Å². The third-order valence-corrected chi connectivity index (χ3v) is 2.53. The zero-order valence-corrected chi connectivity index (χ0v) is 9.11. The van der Waals surface area contributed by atoms with Gasteiger partial charge in [-0.2, -0.15) is 9.97 Å². The van der Waals surface area contributed by atoms with Crippen LogP contribution in [-0.4, -0.2) is 15.0 Å². The van der Waals surface area contributed by atoms with Gasteiger partial charge in [-0.15, -0.1) is 0 Å². The van der Waals surface area contributed by atoms with Crippen molar-refractivity contribution in [3.8, 4) is 11.4 Å². The fraction of sp³-hybridized carbons (Fsp3) is 0.182. The van der Waals surface area contributed by atoms with E-state index < -0.39 is 5.69 Å². The molecule has 1 heterocycles. The van der Waals surface area contributed by atoms with E-state index in [0.717, 1.165) is 16.7 Å². The van der Waals surface area contributed by atoms with Gasteiger partial charge in [0, 0.05) is 5.56 Å². The number of aromatic amines is 1. The van der Waals surface area contributed by atoms with Crippen molar-refractivity contribution in [2.75, 3.05) is 5.73 Å². The van der Waals surface area contributed by atoms with Gasteiger partial charge in [0.1, 0.15) is 5.82 Å². The fourth-order valence-corrected chi connectivity index (χ4v) is 1.54. The second-order valence-corrected chi connectivity index (χ2v) is 3.61. The van der Waals surface area contributed by atoms with E-state index in [-0.39, 0.29) is 5.95 Å². The van der Waals surface area contributed by atoms with Crippen molar-refractivity contribution in [1.82, 2.24) is 15.0 Å². The van der Waals surface area contributed by atoms with Crippen LogP contribution in [0.5, 0.6) is 0 Å². The summed E-state index contributed by atoms with van der Waals surface area (Å²) in [6.45, 7) is 3.97. The molecule has 0 aliphatic heterocycles. The number of benzene rings is 1. The Morgan fingerprint density at radius 1 is 1.25 bits per heavy atom. The van der Waals surface area contributed by atoms with E-state index in [1.807, 2.05) is 32.0 Å². The van der Waals surface area contributed by atoms with Gasteiger partial charge in [0.15, 0.2) is 0 Å². The third kappa shape index (κ3) is 1.79. The zero-order chi connectivity index (χ0) is 11.7. The number of rotatable bonds is 1. The van der Waals surface area contributed by atoms with Crippen molar-refractivity contribution in [3.63, 3.8) is 0 Å². The van der Waals surface area contributed by atoms with Gasteiger partial charge < -0.3 is 5.73 Å². The van der Waals surface area contributed by atoms with Crippen LogP contribution in [0.1, 0.15) is 11.1 Å². The lowest BCUT2D eigenvalue weighted by molar-refractivity contribution is 1.01. The summed E-state index contributed by atoms with van der Waals surface area (Å²) >= 11 is 0. The van der Waals surface area contributed by atoms with Crippen LogP contribution in [0.3, 0.4) is 0 Å². The average molecular weight is 216 g/mol. The lowest BCUT2D eigenvalue weighted by atomic mass is 10.0. The van der Waals surface area contributed by atoms with Gasteiger partial charge in [-0.05, 0) is 25.0 Å². The molecular weight excluding hydrogens is 204 g/mol. The highest BCUT2D eigenvalue weighted by Gasteiger charge is 2.07. The normalized spacial score (nSPS) is 10.4. The topological polar surface area (TPSA) is 84.7 Å². The van der Waals surface area contributed by atoms with Crippen LogP contribution in [0.4, 0.5) is 5.95 Å². The van der Waals surface area contributed by atoms with Gasteiger partial charge in [-0.25, -0.2) is 4.79 Å². The Bertz CT molecular complexity index is 589. The molecule has 2 rings (SSSR count). The summed E-state index contributed by atoms with van der Waals surface area (Å²) in [5, 5.41) is 0. The van der Waals surface area contributed by atoms with E-state index in [4.69, 9.17) is 5.73 Å². The van der Waals surface area contributed by atoms with Crippen LogP contribution in [0.25, 0.3) is 11.4 Å². The number of hydrogen-bond donors (Lipinski definition) is 2. The Hall–Kier alpha value is -2.17. The molecule has 5 nitrogen and oxygen atoms in total. The number of nitrogens with one attached hydrogen (secondary N) is 1. The number of aromatic nitrogens is 3. The number of anilines is 1. The first kappa shape index (κ1) is 10.4. The van der Waals surface area contributed by atoms with Crippen LogP contribution < -0.4 is 11.4 Å². The summed E-state index contributed by atoms with van der Waals surface area (Å²) in [5.41, 5.74) is 8.03. The third-order valence-electron chi connectivity index (χ3n) is 2.53. The monoisotopic (exact) mass is 216 g/mol. The fourth-order valence-electron chi connectivity index (χ4n) is 1.54. The highest BCUT2D eigenvalue weighted by molar-refractivity contribution is 5.61. The van der Waals surface area contributed by atoms with Gasteiger partial charge in [0.2, 0.25) is 5.95 Å². The van der Waals surface area contributed by atoms with Crippen LogP contribution in [-0.2, 0) is 0 Å². The summed E-state index contributed by atoms with van der Waals surface area (Å²) in [7, 11) is 0.